The van der Waals surface area contributed by atoms with E-state index in [-0.39, 0.29) is 16.8 Å². The predicted molar refractivity (Wildman–Crippen MR) is 207 cm³/mol. The number of rotatable bonds is 11. The molecule has 286 valence electrons. The van der Waals surface area contributed by atoms with Crippen LogP contribution in [0.2, 0.25) is 0 Å². The van der Waals surface area contributed by atoms with Crippen LogP contribution in [-0.4, -0.2) is 114 Å². The topological polar surface area (TPSA) is 139 Å². The van der Waals surface area contributed by atoms with Crippen LogP contribution in [0.4, 0.5) is 36.9 Å². The lowest BCUT2D eigenvalue weighted by Crippen LogP contribution is -2.54. The molecule has 0 aliphatic carbocycles. The maximum absolute atomic E-state index is 14.1. The molecule has 2 saturated heterocycles. The third-order valence-electron chi connectivity index (χ3n) is 9.50. The monoisotopic (exact) mass is 761 g/mol. The third kappa shape index (κ3) is 8.94. The molecule has 6 rings (SSSR count). The molecule has 4 aromatic rings. The number of aromatic nitrogens is 3. The van der Waals surface area contributed by atoms with Gasteiger partial charge in [0.05, 0.1) is 30.3 Å². The highest BCUT2D eigenvalue weighted by Gasteiger charge is 2.32. The number of piperazine rings is 1. The number of carbonyl (C=O) groups excluding carboxylic acids is 2. The first kappa shape index (κ1) is 38.5. The Morgan fingerprint density at radius 1 is 1.07 bits per heavy atom. The second-order valence-corrected chi connectivity index (χ2v) is 15.0. The lowest BCUT2D eigenvalue weighted by molar-refractivity contribution is -0.128. The number of anilines is 5. The molecule has 2 fully saturated rings. The Balaban J connectivity index is 1.24. The normalized spacial score (nSPS) is 17.3. The zero-order valence-electron chi connectivity index (χ0n) is 31.0. The van der Waals surface area contributed by atoms with Crippen molar-refractivity contribution in [1.82, 2.24) is 24.8 Å². The van der Waals surface area contributed by atoms with E-state index in [9.17, 15) is 23.5 Å². The van der Waals surface area contributed by atoms with E-state index in [1.54, 1.807) is 18.3 Å². The zero-order chi connectivity index (χ0) is 38.6. The summed E-state index contributed by atoms with van der Waals surface area (Å²) >= 11 is 0.983. The number of methoxy groups -OCH3 is 1. The van der Waals surface area contributed by atoms with Gasteiger partial charge in [-0.3, -0.25) is 9.59 Å². The average molecular weight is 762 g/mol. The Morgan fingerprint density at radius 3 is 2.50 bits per heavy atom. The SMILES string of the molecule is COc1ccc(-c2cnc(N3CCN(C(=O)/C=C/CN(C)C)C(C)C3)c(N3CCC(C)(O)CC3)c2)nc1Nc1ncc(C(=O)Nc2c(F)cccc2F)s1. The first-order chi connectivity index (χ1) is 25.8. The summed E-state index contributed by atoms with van der Waals surface area (Å²) in [5.74, 6) is -0.922. The Morgan fingerprint density at radius 2 is 1.81 bits per heavy atom. The molecule has 1 atom stereocenters. The number of carbonyl (C=O) groups is 2. The molecule has 1 unspecified atom stereocenters. The van der Waals surface area contributed by atoms with Crippen molar-refractivity contribution in [2.24, 2.45) is 0 Å². The van der Waals surface area contributed by atoms with E-state index in [1.807, 2.05) is 49.9 Å². The van der Waals surface area contributed by atoms with E-state index >= 15 is 0 Å². The lowest BCUT2D eigenvalue weighted by Gasteiger charge is -2.43. The molecular formula is C38H45F2N9O4S. The zero-order valence-corrected chi connectivity index (χ0v) is 31.8. The van der Waals surface area contributed by atoms with Gasteiger partial charge in [0.15, 0.2) is 22.5 Å². The summed E-state index contributed by atoms with van der Waals surface area (Å²) in [4.78, 5) is 48.4. The van der Waals surface area contributed by atoms with E-state index < -0.39 is 28.8 Å². The summed E-state index contributed by atoms with van der Waals surface area (Å²) in [7, 11) is 5.43. The van der Waals surface area contributed by atoms with Crippen LogP contribution >= 0.6 is 11.3 Å². The molecule has 13 nitrogen and oxygen atoms in total. The summed E-state index contributed by atoms with van der Waals surface area (Å²) in [5.41, 5.74) is 0.974. The highest BCUT2D eigenvalue weighted by Crippen LogP contribution is 2.37. The van der Waals surface area contributed by atoms with Gasteiger partial charge in [0, 0.05) is 63.1 Å². The molecule has 2 aliphatic rings. The lowest BCUT2D eigenvalue weighted by atomic mass is 9.93. The van der Waals surface area contributed by atoms with E-state index in [0.717, 1.165) is 40.5 Å². The number of halogens is 2. The van der Waals surface area contributed by atoms with Gasteiger partial charge >= 0.3 is 0 Å². The maximum atomic E-state index is 14.1. The largest absolute Gasteiger partial charge is 0.493 e. The highest BCUT2D eigenvalue weighted by atomic mass is 32.1. The van der Waals surface area contributed by atoms with E-state index in [2.05, 4.69) is 31.5 Å². The number of hydrogen-bond acceptors (Lipinski definition) is 12. The van der Waals surface area contributed by atoms with Crippen LogP contribution in [0.3, 0.4) is 0 Å². The van der Waals surface area contributed by atoms with Gasteiger partial charge in [-0.25, -0.2) is 23.7 Å². The third-order valence-corrected chi connectivity index (χ3v) is 10.4. The van der Waals surface area contributed by atoms with Crippen LogP contribution < -0.4 is 25.2 Å². The Bertz CT molecular complexity index is 1990. The number of likely N-dealkylation sites (N-methyl/N-ethyl adjacent to an activating group) is 1. The van der Waals surface area contributed by atoms with E-state index in [1.165, 1.54) is 19.4 Å². The molecule has 5 heterocycles. The van der Waals surface area contributed by atoms with Gasteiger partial charge in [0.2, 0.25) is 5.91 Å². The summed E-state index contributed by atoms with van der Waals surface area (Å²) in [6.07, 6.45) is 7.82. The average Bonchev–Trinajstić information content (AvgIpc) is 3.61. The smallest absolute Gasteiger partial charge is 0.267 e. The number of thiazole rings is 1. The molecule has 3 aromatic heterocycles. The minimum atomic E-state index is -0.886. The van der Waals surface area contributed by atoms with Crippen molar-refractivity contribution in [3.63, 3.8) is 0 Å². The van der Waals surface area contributed by atoms with Gasteiger partial charge in [0.1, 0.15) is 22.2 Å². The molecule has 16 heteroatoms. The van der Waals surface area contributed by atoms with Crippen molar-refractivity contribution in [2.45, 2.75) is 38.3 Å². The van der Waals surface area contributed by atoms with Crippen molar-refractivity contribution < 1.29 is 28.2 Å². The second-order valence-electron chi connectivity index (χ2n) is 14.0. The molecule has 0 radical (unpaired) electrons. The van der Waals surface area contributed by atoms with Crippen LogP contribution in [0, 0.1) is 11.6 Å². The first-order valence-electron chi connectivity index (χ1n) is 17.7. The van der Waals surface area contributed by atoms with Gasteiger partial charge in [-0.15, -0.1) is 0 Å². The fourth-order valence-corrected chi connectivity index (χ4v) is 7.13. The van der Waals surface area contributed by atoms with Crippen LogP contribution in [-0.2, 0) is 4.79 Å². The second kappa shape index (κ2) is 16.4. The molecule has 0 saturated carbocycles. The van der Waals surface area contributed by atoms with Crippen molar-refractivity contribution in [2.75, 3.05) is 80.9 Å². The number of amides is 2. The Labute approximate surface area is 317 Å². The minimum absolute atomic E-state index is 0.00371. The van der Waals surface area contributed by atoms with Gasteiger partial charge < -0.3 is 40.1 Å². The number of pyridine rings is 2. The molecule has 0 spiro atoms. The maximum Gasteiger partial charge on any atom is 0.267 e. The summed E-state index contributed by atoms with van der Waals surface area (Å²) in [6, 6.07) is 8.94. The summed E-state index contributed by atoms with van der Waals surface area (Å²) < 4.78 is 33.8. The predicted octanol–water partition coefficient (Wildman–Crippen LogP) is 5.39. The van der Waals surface area contributed by atoms with Crippen molar-refractivity contribution >= 4 is 51.3 Å². The molecule has 2 amide bonds. The standard InChI is InChI=1S/C38H45F2N9O4S/c1-24-23-48(18-19-49(24)32(50)10-7-15-46(3)4)35-29(47-16-13-38(2,52)14-17-47)20-25(21-41-35)28-11-12-30(53-5)34(43-28)45-37-42-22-31(54-37)36(51)44-33-26(39)8-6-9-27(33)40/h6-12,20-22,24,52H,13-19,23H2,1-5H3,(H,44,51)(H,42,43,45)/b10-7+. The molecule has 1 aromatic carbocycles. The number of hydrogen-bond donors (Lipinski definition) is 3. The van der Waals surface area contributed by atoms with Crippen molar-refractivity contribution in [3.8, 4) is 17.0 Å². The molecular weight excluding hydrogens is 717 g/mol. The van der Waals surface area contributed by atoms with Crippen LogP contribution in [0.1, 0.15) is 36.4 Å². The summed E-state index contributed by atoms with van der Waals surface area (Å²) in [5, 5.41) is 16.4. The Kier molecular flexibility index (Phi) is 11.7. The van der Waals surface area contributed by atoms with Crippen LogP contribution in [0.5, 0.6) is 5.75 Å². The number of benzene rings is 1. The first-order valence-corrected chi connectivity index (χ1v) is 18.5. The van der Waals surface area contributed by atoms with Crippen molar-refractivity contribution in [3.05, 3.63) is 77.5 Å². The fourth-order valence-electron chi connectivity index (χ4n) is 6.42. The van der Waals surface area contributed by atoms with Crippen LogP contribution in [0.25, 0.3) is 11.3 Å². The number of nitrogens with zero attached hydrogens (tertiary/aromatic N) is 7. The molecule has 0 bridgehead atoms. The number of piperidine rings is 1. The van der Waals surface area contributed by atoms with E-state index in [0.29, 0.717) is 74.5 Å². The van der Waals surface area contributed by atoms with Gasteiger partial charge in [-0.05, 0) is 71.1 Å². The Hall–Kier alpha value is -5.19. The van der Waals surface area contributed by atoms with Crippen molar-refractivity contribution in [1.29, 1.82) is 0 Å². The van der Waals surface area contributed by atoms with Gasteiger partial charge in [-0.2, -0.15) is 0 Å². The van der Waals surface area contributed by atoms with E-state index in [4.69, 9.17) is 14.7 Å². The molecule has 54 heavy (non-hydrogen) atoms. The van der Waals surface area contributed by atoms with Crippen LogP contribution in [0.15, 0.2) is 60.9 Å². The fraction of sp³-hybridized carbons (Fsp3) is 0.395. The van der Waals surface area contributed by atoms with Gasteiger partial charge in [-0.1, -0.05) is 23.5 Å². The highest BCUT2D eigenvalue weighted by molar-refractivity contribution is 7.17. The number of nitrogens with one attached hydrogen (secondary N) is 2. The summed E-state index contributed by atoms with van der Waals surface area (Å²) in [6.45, 7) is 7.66. The number of aliphatic hydroxyl groups is 1. The minimum Gasteiger partial charge on any atom is -0.493 e. The molecule has 2 aliphatic heterocycles. The quantitative estimate of drug-likeness (QED) is 0.170. The van der Waals surface area contributed by atoms with Gasteiger partial charge in [0.25, 0.3) is 5.91 Å². The molecule has 3 N–H and O–H groups in total. The number of ether oxygens (including phenoxy) is 1. The number of para-hydroxylation sites is 1.